The fraction of sp³-hybridized carbons (Fsp3) is 0.333. The fourth-order valence-corrected chi connectivity index (χ4v) is 4.95. The summed E-state index contributed by atoms with van der Waals surface area (Å²) >= 11 is 11.8. The van der Waals surface area contributed by atoms with Crippen LogP contribution in [0.5, 0.6) is 0 Å². The van der Waals surface area contributed by atoms with E-state index in [2.05, 4.69) is 31.9 Å². The minimum absolute atomic E-state index is 0.0488. The smallest absolute Gasteiger partial charge is 0.392 e. The molecule has 25 heavy (non-hydrogen) atoms. The van der Waals surface area contributed by atoms with Gasteiger partial charge in [-0.2, -0.15) is 0 Å². The lowest BCUT2D eigenvalue weighted by molar-refractivity contribution is -0.700. The van der Waals surface area contributed by atoms with E-state index in [1.54, 1.807) is 13.8 Å². The van der Waals surface area contributed by atoms with E-state index in [9.17, 15) is 19.7 Å². The molecule has 0 spiro atoms. The normalized spacial score (nSPS) is 21.2. The topological polar surface area (TPSA) is 86.5 Å². The number of benzene rings is 1. The van der Waals surface area contributed by atoms with E-state index in [0.717, 1.165) is 0 Å². The van der Waals surface area contributed by atoms with Crippen LogP contribution >= 0.6 is 31.9 Å². The van der Waals surface area contributed by atoms with Crippen LogP contribution in [0.4, 0.5) is 5.69 Å². The first kappa shape index (κ1) is 20.1. The highest BCUT2D eigenvalue weighted by atomic mass is 79.9. The zero-order valence-corrected chi connectivity index (χ0v) is 17.3. The maximum atomic E-state index is 12.5. The second kappa shape index (κ2) is 7.18. The average molecular weight is 494 g/mol. The summed E-state index contributed by atoms with van der Waals surface area (Å²) in [4.78, 5) is 34.9. The predicted octanol–water partition coefficient (Wildman–Crippen LogP) is 3.24. The van der Waals surface area contributed by atoms with Gasteiger partial charge in [-0.1, -0.05) is 31.9 Å². The number of likely N-dealkylation sites (tertiary alicyclic amines) is 1. The maximum Gasteiger partial charge on any atom is 0.392 e. The van der Waals surface area contributed by atoms with Crippen LogP contribution in [0, 0.1) is 10.1 Å². The van der Waals surface area contributed by atoms with Gasteiger partial charge in [-0.15, -0.1) is 0 Å². The Balaban J connectivity index is 2.11. The van der Waals surface area contributed by atoms with E-state index < -0.39 is 18.0 Å². The number of nitro benzene ring substituents is 1. The molecule has 10 heteroatoms. The van der Waals surface area contributed by atoms with Gasteiger partial charge < -0.3 is 21.4 Å². The number of allylic oxidation sites excluding steroid dienone is 1. The molecule has 1 aromatic rings. The quantitative estimate of drug-likeness (QED) is 0.0914. The number of amides is 1. The second-order valence-corrected chi connectivity index (χ2v) is 10.2. The number of carbonyl (C=O) groups excluding carboxylic acids is 2. The van der Waals surface area contributed by atoms with Gasteiger partial charge in [0.2, 0.25) is 8.93 Å². The van der Waals surface area contributed by atoms with Crippen LogP contribution in [0.15, 0.2) is 35.5 Å². The zero-order valence-electron chi connectivity index (χ0n) is 13.3. The molecule has 7 nitrogen and oxygen atoms in total. The third-order valence-corrected chi connectivity index (χ3v) is 5.26. The highest BCUT2D eigenvalue weighted by molar-refractivity contribution is 9.26. The summed E-state index contributed by atoms with van der Waals surface area (Å²) in [6.07, 6.45) is 0. The highest BCUT2D eigenvalue weighted by Crippen LogP contribution is 2.46. The number of alkyl halides is 2. The van der Waals surface area contributed by atoms with Gasteiger partial charge in [0.1, 0.15) is 13.2 Å². The molecule has 1 saturated heterocycles. The van der Waals surface area contributed by atoms with Gasteiger partial charge >= 0.3 is 11.9 Å². The van der Waals surface area contributed by atoms with E-state index >= 15 is 0 Å². The van der Waals surface area contributed by atoms with E-state index in [4.69, 9.17) is 17.6 Å². The van der Waals surface area contributed by atoms with Crippen LogP contribution in [-0.4, -0.2) is 30.5 Å². The van der Waals surface area contributed by atoms with Crippen molar-refractivity contribution < 1.29 is 23.1 Å². The van der Waals surface area contributed by atoms with Crippen molar-refractivity contribution in [2.45, 2.75) is 23.7 Å². The summed E-state index contributed by atoms with van der Waals surface area (Å²) in [5.41, 5.74) is 1.24. The van der Waals surface area contributed by atoms with Crippen molar-refractivity contribution in [1.82, 2.24) is 0 Å². The highest BCUT2D eigenvalue weighted by Gasteiger charge is 2.61. The molecule has 1 heterocycles. The lowest BCUT2D eigenvalue weighted by Gasteiger charge is -2.54. The molecule has 1 atom stereocenters. The van der Waals surface area contributed by atoms with Gasteiger partial charge in [-0.25, -0.2) is 9.59 Å². The molecule has 0 N–H and O–H groups in total. The fourth-order valence-electron chi connectivity index (χ4n) is 2.42. The Kier molecular flexibility index (Phi) is 5.77. The zero-order chi connectivity index (χ0) is 19.0. The number of ether oxygens (including phenoxy) is 1. The van der Waals surface area contributed by atoms with E-state index in [-0.39, 0.29) is 30.4 Å². The van der Waals surface area contributed by atoms with Crippen molar-refractivity contribution in [3.8, 4) is 0 Å². The van der Waals surface area contributed by atoms with Crippen LogP contribution in [-0.2, 0) is 33.7 Å². The van der Waals surface area contributed by atoms with Crippen molar-refractivity contribution in [2.24, 2.45) is 0 Å². The molecule has 0 aliphatic carbocycles. The Bertz CT molecular complexity index is 775. The molecular formula is C15H14Br2N2O5S. The minimum atomic E-state index is -0.929. The van der Waals surface area contributed by atoms with Gasteiger partial charge in [0, 0.05) is 12.1 Å². The second-order valence-electron chi connectivity index (χ2n) is 5.76. The number of β-lactam (4-membered cyclic amide) rings is 1. The van der Waals surface area contributed by atoms with Crippen molar-refractivity contribution in [2.75, 3.05) is 6.54 Å². The van der Waals surface area contributed by atoms with E-state index in [0.29, 0.717) is 11.1 Å². The number of hydrogen-bond acceptors (Lipinski definition) is 6. The standard InChI is InChI=1S/C15H14Br2N2O5S/c1-9(2)12(19(25)8-15(16,17)14(19)21)13(20)24-7-10-3-5-11(6-4-10)18(22)23/h3-6H,7-8H2,1-2H3. The van der Waals surface area contributed by atoms with Crippen LogP contribution in [0.1, 0.15) is 19.4 Å². The number of nitrogens with zero attached hydrogens (tertiary/aromatic N) is 2. The summed E-state index contributed by atoms with van der Waals surface area (Å²) in [5, 5.41) is 10.6. The van der Waals surface area contributed by atoms with Gasteiger partial charge in [0.05, 0.1) is 4.92 Å². The third-order valence-electron chi connectivity index (χ3n) is 3.61. The van der Waals surface area contributed by atoms with Gasteiger partial charge in [0.15, 0.2) is 0 Å². The Hall–Kier alpha value is -1.23. The number of esters is 1. The first-order valence-corrected chi connectivity index (χ1v) is 9.04. The monoisotopic (exact) mass is 492 g/mol. The summed E-state index contributed by atoms with van der Waals surface area (Å²) in [6.45, 7) is 3.48. The van der Waals surface area contributed by atoms with E-state index in [1.165, 1.54) is 24.3 Å². The number of halogens is 2. The number of non-ortho nitro benzene ring substituents is 1. The number of hydrogen-bond donors (Lipinski definition) is 0. The Morgan fingerprint density at radius 1 is 1.36 bits per heavy atom. The maximum absolute atomic E-state index is 12.5. The summed E-state index contributed by atoms with van der Waals surface area (Å²) in [6, 6.07) is 5.66. The molecule has 1 aromatic carbocycles. The number of quaternary nitrogens is 1. The van der Waals surface area contributed by atoms with Crippen LogP contribution < -0.4 is 0 Å². The predicted molar refractivity (Wildman–Crippen MR) is 99.4 cm³/mol. The van der Waals surface area contributed by atoms with Gasteiger partial charge in [-0.3, -0.25) is 10.1 Å². The first-order chi connectivity index (χ1) is 11.5. The van der Waals surface area contributed by atoms with Crippen molar-refractivity contribution in [3.63, 3.8) is 0 Å². The minimum Gasteiger partial charge on any atom is -0.478 e. The summed E-state index contributed by atoms with van der Waals surface area (Å²) in [5.74, 6) is -1.05. The van der Waals surface area contributed by atoms with E-state index in [1.807, 2.05) is 0 Å². The molecule has 1 aliphatic rings. The van der Waals surface area contributed by atoms with Crippen molar-refractivity contribution in [1.29, 1.82) is 0 Å². The van der Waals surface area contributed by atoms with Crippen LogP contribution in [0.2, 0.25) is 0 Å². The Morgan fingerprint density at radius 2 is 1.92 bits per heavy atom. The Labute approximate surface area is 166 Å². The largest absolute Gasteiger partial charge is 0.478 e. The molecule has 134 valence electrons. The Morgan fingerprint density at radius 3 is 2.32 bits per heavy atom. The lowest BCUT2D eigenvalue weighted by atomic mass is 10.1. The SMILES string of the molecule is CC(C)=C(C(=O)OCc1ccc([N+](=O)[O-])cc1)[N+]1([S-])CC(Br)(Br)C1=O. The molecule has 1 fully saturated rings. The molecule has 1 unspecified atom stereocenters. The third kappa shape index (κ3) is 3.97. The van der Waals surface area contributed by atoms with Gasteiger partial charge in [-0.05, 0) is 37.1 Å². The van der Waals surface area contributed by atoms with Crippen molar-refractivity contribution >= 4 is 62.2 Å². The summed E-state index contributed by atoms with van der Waals surface area (Å²) in [7, 11) is 0. The average Bonchev–Trinajstić information content (AvgIpc) is 2.52. The number of nitro groups is 1. The molecule has 1 amide bonds. The van der Waals surface area contributed by atoms with Crippen LogP contribution in [0.3, 0.4) is 0 Å². The van der Waals surface area contributed by atoms with Crippen molar-refractivity contribution in [3.05, 3.63) is 51.2 Å². The van der Waals surface area contributed by atoms with Gasteiger partial charge in [0.25, 0.3) is 5.69 Å². The number of carbonyl (C=O) groups is 2. The first-order valence-electron chi connectivity index (χ1n) is 7.09. The molecule has 0 aromatic heterocycles. The summed E-state index contributed by atoms with van der Waals surface area (Å²) < 4.78 is 3.76. The molecule has 0 saturated carbocycles. The molecule has 0 radical (unpaired) electrons. The number of rotatable bonds is 5. The molecule has 0 bridgehead atoms. The van der Waals surface area contributed by atoms with Crippen LogP contribution in [0.25, 0.3) is 0 Å². The lowest BCUT2D eigenvalue weighted by Crippen LogP contribution is -2.70. The molecule has 1 aliphatic heterocycles. The molecule has 2 rings (SSSR count). The molecular weight excluding hydrogens is 480 g/mol.